The molecule has 14 heavy (non-hydrogen) atoms. The summed E-state index contributed by atoms with van der Waals surface area (Å²) in [4.78, 5) is 1.52. The van der Waals surface area contributed by atoms with Crippen LogP contribution in [0.5, 0.6) is 0 Å². The van der Waals surface area contributed by atoms with Crippen molar-refractivity contribution in [3.8, 4) is 0 Å². The summed E-state index contributed by atoms with van der Waals surface area (Å²) in [6.07, 6.45) is 7.49. The molecule has 0 saturated heterocycles. The first-order valence-electron chi connectivity index (χ1n) is 5.61. The highest BCUT2D eigenvalue weighted by Crippen LogP contribution is 2.13. The first kappa shape index (κ1) is 11.7. The third-order valence-electron chi connectivity index (χ3n) is 2.60. The summed E-state index contributed by atoms with van der Waals surface area (Å²) in [6.45, 7) is 2.16. The Labute approximate surface area is 91.3 Å². The molecule has 0 aliphatic rings. The largest absolute Gasteiger partial charge is 0.328 e. The van der Waals surface area contributed by atoms with Crippen LogP contribution in [0, 0.1) is 0 Å². The van der Waals surface area contributed by atoms with Gasteiger partial charge in [-0.05, 0) is 37.1 Å². The van der Waals surface area contributed by atoms with Crippen LogP contribution in [0.3, 0.4) is 0 Å². The smallest absolute Gasteiger partial charge is 0.00452 e. The number of aryl methyl sites for hydroxylation is 1. The molecule has 0 fully saturated rings. The van der Waals surface area contributed by atoms with Crippen molar-refractivity contribution in [2.75, 3.05) is 0 Å². The van der Waals surface area contributed by atoms with Crippen LogP contribution in [0.15, 0.2) is 17.5 Å². The minimum Gasteiger partial charge on any atom is -0.328 e. The van der Waals surface area contributed by atoms with E-state index in [4.69, 9.17) is 5.73 Å². The molecule has 80 valence electrons. The van der Waals surface area contributed by atoms with E-state index in [0.29, 0.717) is 6.04 Å². The van der Waals surface area contributed by atoms with Gasteiger partial charge in [-0.2, -0.15) is 0 Å². The Balaban J connectivity index is 1.95. The fraction of sp³-hybridized carbons (Fsp3) is 0.667. The molecule has 0 aliphatic carbocycles. The van der Waals surface area contributed by atoms with E-state index >= 15 is 0 Å². The topological polar surface area (TPSA) is 26.0 Å². The Bertz CT molecular complexity index is 218. The van der Waals surface area contributed by atoms with E-state index in [1.54, 1.807) is 0 Å². The summed E-state index contributed by atoms with van der Waals surface area (Å²) >= 11 is 1.87. The van der Waals surface area contributed by atoms with Gasteiger partial charge in [-0.3, -0.25) is 0 Å². The van der Waals surface area contributed by atoms with Crippen LogP contribution < -0.4 is 5.73 Å². The second kappa shape index (κ2) is 7.02. The summed E-state index contributed by atoms with van der Waals surface area (Å²) in [6, 6.07) is 4.78. The lowest BCUT2D eigenvalue weighted by Crippen LogP contribution is -2.17. The second-order valence-corrected chi connectivity index (χ2v) is 4.88. The summed E-state index contributed by atoms with van der Waals surface area (Å²) in [7, 11) is 0. The fourth-order valence-corrected chi connectivity index (χ4v) is 2.29. The van der Waals surface area contributed by atoms with E-state index in [-0.39, 0.29) is 0 Å². The second-order valence-electron chi connectivity index (χ2n) is 3.85. The van der Waals surface area contributed by atoms with Gasteiger partial charge in [0.1, 0.15) is 0 Å². The van der Waals surface area contributed by atoms with Crippen molar-refractivity contribution in [3.05, 3.63) is 22.4 Å². The normalized spacial score (nSPS) is 13.0. The summed E-state index contributed by atoms with van der Waals surface area (Å²) < 4.78 is 0. The zero-order valence-corrected chi connectivity index (χ0v) is 9.85. The van der Waals surface area contributed by atoms with Gasteiger partial charge < -0.3 is 5.73 Å². The molecule has 1 aromatic heterocycles. The molecule has 1 atom stereocenters. The predicted octanol–water partition coefficient (Wildman–Crippen LogP) is 3.59. The third kappa shape index (κ3) is 4.77. The van der Waals surface area contributed by atoms with Crippen molar-refractivity contribution in [2.45, 2.75) is 51.5 Å². The average Bonchev–Trinajstić information content (AvgIpc) is 2.69. The zero-order chi connectivity index (χ0) is 10.2. The molecule has 2 heteroatoms. The summed E-state index contributed by atoms with van der Waals surface area (Å²) in [5.41, 5.74) is 5.85. The Morgan fingerprint density at radius 3 is 2.86 bits per heavy atom. The minimum atomic E-state index is 0.428. The molecular formula is C12H21NS. The number of thiophene rings is 1. The highest BCUT2D eigenvalue weighted by molar-refractivity contribution is 7.09. The molecule has 1 nitrogen and oxygen atoms in total. The number of nitrogens with two attached hydrogens (primary N) is 1. The highest BCUT2D eigenvalue weighted by atomic mass is 32.1. The van der Waals surface area contributed by atoms with Crippen LogP contribution in [-0.4, -0.2) is 6.04 Å². The van der Waals surface area contributed by atoms with Crippen molar-refractivity contribution in [3.63, 3.8) is 0 Å². The maximum absolute atomic E-state index is 5.85. The number of unbranched alkanes of at least 4 members (excludes halogenated alkanes) is 2. The lowest BCUT2D eigenvalue weighted by molar-refractivity contribution is 0.541. The minimum absolute atomic E-state index is 0.428. The fourth-order valence-electron chi connectivity index (χ4n) is 1.54. The van der Waals surface area contributed by atoms with Gasteiger partial charge in [0.2, 0.25) is 0 Å². The van der Waals surface area contributed by atoms with Crippen molar-refractivity contribution in [1.82, 2.24) is 0 Å². The third-order valence-corrected chi connectivity index (χ3v) is 3.54. The van der Waals surface area contributed by atoms with E-state index < -0.39 is 0 Å². The maximum atomic E-state index is 5.85. The monoisotopic (exact) mass is 211 g/mol. The van der Waals surface area contributed by atoms with Gasteiger partial charge in [-0.15, -0.1) is 11.3 Å². The van der Waals surface area contributed by atoms with Crippen LogP contribution >= 0.6 is 11.3 Å². The van der Waals surface area contributed by atoms with Crippen LogP contribution in [0.25, 0.3) is 0 Å². The van der Waals surface area contributed by atoms with E-state index in [1.165, 1.54) is 37.0 Å². The molecule has 0 aromatic carbocycles. The van der Waals surface area contributed by atoms with Gasteiger partial charge in [0.25, 0.3) is 0 Å². The molecule has 1 rings (SSSR count). The van der Waals surface area contributed by atoms with Crippen molar-refractivity contribution in [2.24, 2.45) is 5.73 Å². The van der Waals surface area contributed by atoms with E-state index in [2.05, 4.69) is 24.4 Å². The van der Waals surface area contributed by atoms with Crippen molar-refractivity contribution in [1.29, 1.82) is 0 Å². The molecular weight excluding hydrogens is 190 g/mol. The van der Waals surface area contributed by atoms with Crippen molar-refractivity contribution < 1.29 is 0 Å². The quantitative estimate of drug-likeness (QED) is 0.685. The maximum Gasteiger partial charge on any atom is 0.00452 e. The first-order chi connectivity index (χ1) is 6.83. The van der Waals surface area contributed by atoms with Gasteiger partial charge in [0, 0.05) is 10.9 Å². The van der Waals surface area contributed by atoms with Gasteiger partial charge in [0.15, 0.2) is 0 Å². The molecule has 1 aromatic rings. The Morgan fingerprint density at radius 1 is 1.36 bits per heavy atom. The van der Waals surface area contributed by atoms with Gasteiger partial charge in [-0.1, -0.05) is 25.8 Å². The SMILES string of the molecule is CCC(N)CCCCCc1cccs1. The Kier molecular flexibility index (Phi) is 5.88. The Morgan fingerprint density at radius 2 is 2.21 bits per heavy atom. The van der Waals surface area contributed by atoms with Crippen molar-refractivity contribution >= 4 is 11.3 Å². The molecule has 0 amide bonds. The van der Waals surface area contributed by atoms with E-state index in [9.17, 15) is 0 Å². The van der Waals surface area contributed by atoms with E-state index in [0.717, 1.165) is 6.42 Å². The number of rotatable bonds is 7. The zero-order valence-electron chi connectivity index (χ0n) is 9.04. The summed E-state index contributed by atoms with van der Waals surface area (Å²) in [5.74, 6) is 0. The standard InChI is InChI=1S/C12H21NS/c1-2-11(13)7-4-3-5-8-12-9-6-10-14-12/h6,9-11H,2-5,7-8,13H2,1H3. The number of hydrogen-bond donors (Lipinski definition) is 1. The molecule has 0 saturated carbocycles. The van der Waals surface area contributed by atoms with Crippen LogP contribution in [0.4, 0.5) is 0 Å². The number of hydrogen-bond acceptors (Lipinski definition) is 2. The average molecular weight is 211 g/mol. The Hall–Kier alpha value is -0.340. The molecule has 0 spiro atoms. The van der Waals surface area contributed by atoms with Crippen LogP contribution in [-0.2, 0) is 6.42 Å². The molecule has 1 heterocycles. The van der Waals surface area contributed by atoms with Gasteiger partial charge in [-0.25, -0.2) is 0 Å². The summed E-state index contributed by atoms with van der Waals surface area (Å²) in [5, 5.41) is 2.16. The lowest BCUT2D eigenvalue weighted by Gasteiger charge is -2.07. The van der Waals surface area contributed by atoms with E-state index in [1.807, 2.05) is 11.3 Å². The molecule has 0 aliphatic heterocycles. The molecule has 0 radical (unpaired) electrons. The first-order valence-corrected chi connectivity index (χ1v) is 6.49. The molecule has 2 N–H and O–H groups in total. The van der Waals surface area contributed by atoms with Gasteiger partial charge >= 0.3 is 0 Å². The van der Waals surface area contributed by atoms with Crippen LogP contribution in [0.1, 0.15) is 43.9 Å². The lowest BCUT2D eigenvalue weighted by atomic mass is 10.1. The highest BCUT2D eigenvalue weighted by Gasteiger charge is 1.98. The predicted molar refractivity (Wildman–Crippen MR) is 64.8 cm³/mol. The molecule has 0 bridgehead atoms. The van der Waals surface area contributed by atoms with Gasteiger partial charge in [0.05, 0.1) is 0 Å². The molecule has 1 unspecified atom stereocenters. The van der Waals surface area contributed by atoms with Crippen LogP contribution in [0.2, 0.25) is 0 Å².